The number of rotatable bonds is 3. The van der Waals surface area contributed by atoms with E-state index in [9.17, 15) is 0 Å². The van der Waals surface area contributed by atoms with Crippen molar-refractivity contribution in [2.75, 3.05) is 0 Å². The Morgan fingerprint density at radius 1 is 1.29 bits per heavy atom. The van der Waals surface area contributed by atoms with Crippen LogP contribution in [0.4, 0.5) is 0 Å². The molecule has 0 aromatic carbocycles. The fourth-order valence-electron chi connectivity index (χ4n) is 1.31. The molecular weight excluding hydrogens is 216 g/mol. The molecule has 0 spiro atoms. The quantitative estimate of drug-likeness (QED) is 0.620. The molecule has 0 aliphatic rings. The van der Waals surface area contributed by atoms with Gasteiger partial charge in [-0.25, -0.2) is 4.98 Å². The van der Waals surface area contributed by atoms with Crippen LogP contribution in [0.25, 0.3) is 0 Å². The van der Waals surface area contributed by atoms with Crippen molar-refractivity contribution in [2.24, 2.45) is 5.73 Å². The van der Waals surface area contributed by atoms with Gasteiger partial charge in [-0.1, -0.05) is 6.07 Å². The lowest BCUT2D eigenvalue weighted by Crippen LogP contribution is -2.13. The van der Waals surface area contributed by atoms with Gasteiger partial charge in [-0.05, 0) is 25.1 Å². The molecule has 0 aliphatic carbocycles. The molecule has 0 aliphatic heterocycles. The molecule has 0 bridgehead atoms. The lowest BCUT2D eigenvalue weighted by Gasteiger charge is -2.07. The summed E-state index contributed by atoms with van der Waals surface area (Å²) in [6, 6.07) is 8.70. The van der Waals surface area contributed by atoms with Gasteiger partial charge in [-0.3, -0.25) is 10.4 Å². The van der Waals surface area contributed by atoms with Crippen LogP contribution in [0.15, 0.2) is 36.5 Å². The first-order valence-corrected chi connectivity index (χ1v) is 5.08. The number of amidine groups is 1. The molecule has 2 heterocycles. The second kappa shape index (κ2) is 4.61. The summed E-state index contributed by atoms with van der Waals surface area (Å²) in [5, 5.41) is 7.30. The SMILES string of the molecule is Cc1ncccc1Oc1cccc(C(=N)N)n1. The van der Waals surface area contributed by atoms with Crippen molar-refractivity contribution in [1.82, 2.24) is 9.97 Å². The molecule has 0 radical (unpaired) electrons. The summed E-state index contributed by atoms with van der Waals surface area (Å²) in [5.74, 6) is 0.952. The number of nitrogen functional groups attached to an aromatic ring is 1. The van der Waals surface area contributed by atoms with Crippen LogP contribution in [0.1, 0.15) is 11.4 Å². The molecule has 2 rings (SSSR count). The van der Waals surface area contributed by atoms with E-state index in [0.717, 1.165) is 5.69 Å². The molecule has 86 valence electrons. The van der Waals surface area contributed by atoms with Gasteiger partial charge in [0.05, 0.1) is 5.69 Å². The van der Waals surface area contributed by atoms with Crippen LogP contribution in [0.5, 0.6) is 11.6 Å². The topological polar surface area (TPSA) is 84.9 Å². The van der Waals surface area contributed by atoms with E-state index in [4.69, 9.17) is 15.9 Å². The molecule has 0 fully saturated rings. The average molecular weight is 228 g/mol. The minimum Gasteiger partial charge on any atom is -0.437 e. The number of pyridine rings is 2. The Balaban J connectivity index is 2.28. The number of ether oxygens (including phenoxy) is 1. The Morgan fingerprint density at radius 2 is 2.12 bits per heavy atom. The van der Waals surface area contributed by atoms with E-state index in [0.29, 0.717) is 17.3 Å². The second-order valence-electron chi connectivity index (χ2n) is 3.46. The molecule has 0 saturated heterocycles. The smallest absolute Gasteiger partial charge is 0.219 e. The van der Waals surface area contributed by atoms with Crippen LogP contribution >= 0.6 is 0 Å². The molecule has 2 aromatic rings. The zero-order valence-corrected chi connectivity index (χ0v) is 9.34. The van der Waals surface area contributed by atoms with E-state index in [1.807, 2.05) is 13.0 Å². The Labute approximate surface area is 98.8 Å². The fourth-order valence-corrected chi connectivity index (χ4v) is 1.31. The van der Waals surface area contributed by atoms with Crippen molar-refractivity contribution in [3.63, 3.8) is 0 Å². The van der Waals surface area contributed by atoms with Crippen molar-refractivity contribution < 1.29 is 4.74 Å². The highest BCUT2D eigenvalue weighted by atomic mass is 16.5. The first-order chi connectivity index (χ1) is 8.16. The minimum atomic E-state index is -0.0849. The Hall–Kier alpha value is -2.43. The maximum atomic E-state index is 7.30. The number of hydrogen-bond donors (Lipinski definition) is 2. The van der Waals surface area contributed by atoms with Gasteiger partial charge in [-0.2, -0.15) is 0 Å². The predicted octanol–water partition coefficient (Wildman–Crippen LogP) is 1.86. The lowest BCUT2D eigenvalue weighted by atomic mass is 10.3. The van der Waals surface area contributed by atoms with E-state index in [1.54, 1.807) is 30.5 Å². The lowest BCUT2D eigenvalue weighted by molar-refractivity contribution is 0.456. The normalized spacial score (nSPS) is 9.94. The van der Waals surface area contributed by atoms with Crippen molar-refractivity contribution in [3.8, 4) is 11.6 Å². The van der Waals surface area contributed by atoms with Gasteiger partial charge in [0, 0.05) is 12.3 Å². The number of nitrogens with one attached hydrogen (secondary N) is 1. The van der Waals surface area contributed by atoms with Gasteiger partial charge < -0.3 is 10.5 Å². The number of nitrogens with two attached hydrogens (primary N) is 1. The zero-order valence-electron chi connectivity index (χ0n) is 9.34. The molecule has 0 saturated carbocycles. The van der Waals surface area contributed by atoms with Crippen LogP contribution in [0, 0.1) is 12.3 Å². The Kier molecular flexibility index (Phi) is 3.00. The highest BCUT2D eigenvalue weighted by Crippen LogP contribution is 2.21. The summed E-state index contributed by atoms with van der Waals surface area (Å²) in [6.07, 6.45) is 1.70. The summed E-state index contributed by atoms with van der Waals surface area (Å²) in [5.41, 5.74) is 6.53. The molecule has 0 amide bonds. The van der Waals surface area contributed by atoms with Crippen molar-refractivity contribution in [3.05, 3.63) is 47.9 Å². The van der Waals surface area contributed by atoms with Gasteiger partial charge in [-0.15, -0.1) is 0 Å². The summed E-state index contributed by atoms with van der Waals surface area (Å²) in [6.45, 7) is 1.85. The number of nitrogens with zero attached hydrogens (tertiary/aromatic N) is 2. The third kappa shape index (κ3) is 2.57. The van der Waals surface area contributed by atoms with Crippen LogP contribution in [-0.2, 0) is 0 Å². The van der Waals surface area contributed by atoms with E-state index in [-0.39, 0.29) is 5.84 Å². The first-order valence-electron chi connectivity index (χ1n) is 5.08. The van der Waals surface area contributed by atoms with Crippen LogP contribution in [0.2, 0.25) is 0 Å². The van der Waals surface area contributed by atoms with Gasteiger partial charge in [0.2, 0.25) is 5.88 Å². The maximum Gasteiger partial charge on any atom is 0.219 e. The highest BCUT2D eigenvalue weighted by Gasteiger charge is 2.04. The summed E-state index contributed by atoms with van der Waals surface area (Å²) in [4.78, 5) is 8.22. The molecule has 2 aromatic heterocycles. The standard InChI is InChI=1S/C12H12N4O/c1-8-10(5-3-7-15-8)17-11-6-2-4-9(16-11)12(13)14/h2-7H,1H3,(H3,13,14). The van der Waals surface area contributed by atoms with E-state index in [1.165, 1.54) is 0 Å². The van der Waals surface area contributed by atoms with E-state index < -0.39 is 0 Å². The van der Waals surface area contributed by atoms with Gasteiger partial charge in [0.25, 0.3) is 0 Å². The number of aryl methyl sites for hydroxylation is 1. The van der Waals surface area contributed by atoms with Gasteiger partial charge in [0.1, 0.15) is 11.5 Å². The van der Waals surface area contributed by atoms with Crippen LogP contribution < -0.4 is 10.5 Å². The molecule has 0 atom stereocenters. The molecule has 3 N–H and O–H groups in total. The van der Waals surface area contributed by atoms with Gasteiger partial charge in [0.15, 0.2) is 5.75 Å². The maximum absolute atomic E-state index is 7.30. The fraction of sp³-hybridized carbons (Fsp3) is 0.0833. The zero-order chi connectivity index (χ0) is 12.3. The van der Waals surface area contributed by atoms with E-state index in [2.05, 4.69) is 9.97 Å². The summed E-state index contributed by atoms with van der Waals surface area (Å²) >= 11 is 0. The molecule has 0 unspecified atom stereocenters. The molecule has 5 heteroatoms. The first kappa shape index (κ1) is 11.1. The summed E-state index contributed by atoms with van der Waals surface area (Å²) in [7, 11) is 0. The molecular formula is C12H12N4O. The Bertz CT molecular complexity index is 554. The number of aromatic nitrogens is 2. The second-order valence-corrected chi connectivity index (χ2v) is 3.46. The largest absolute Gasteiger partial charge is 0.437 e. The number of hydrogen-bond acceptors (Lipinski definition) is 4. The molecule has 17 heavy (non-hydrogen) atoms. The van der Waals surface area contributed by atoms with Crippen LogP contribution in [-0.4, -0.2) is 15.8 Å². The minimum absolute atomic E-state index is 0.0849. The predicted molar refractivity (Wildman–Crippen MR) is 64.3 cm³/mol. The third-order valence-electron chi connectivity index (χ3n) is 2.17. The van der Waals surface area contributed by atoms with Crippen molar-refractivity contribution >= 4 is 5.84 Å². The monoisotopic (exact) mass is 228 g/mol. The van der Waals surface area contributed by atoms with Crippen molar-refractivity contribution in [2.45, 2.75) is 6.92 Å². The molecule has 5 nitrogen and oxygen atoms in total. The van der Waals surface area contributed by atoms with Crippen LogP contribution in [0.3, 0.4) is 0 Å². The van der Waals surface area contributed by atoms with Gasteiger partial charge >= 0.3 is 0 Å². The highest BCUT2D eigenvalue weighted by molar-refractivity contribution is 5.93. The Morgan fingerprint density at radius 3 is 2.82 bits per heavy atom. The summed E-state index contributed by atoms with van der Waals surface area (Å²) < 4.78 is 5.57. The van der Waals surface area contributed by atoms with Crippen molar-refractivity contribution in [1.29, 1.82) is 5.41 Å². The average Bonchev–Trinajstić information content (AvgIpc) is 2.32. The third-order valence-corrected chi connectivity index (χ3v) is 2.17. The van der Waals surface area contributed by atoms with E-state index >= 15 is 0 Å².